The van der Waals surface area contributed by atoms with Gasteiger partial charge in [0, 0.05) is 23.8 Å². The minimum Gasteiger partial charge on any atom is -0.426 e. The first kappa shape index (κ1) is 40.0. The van der Waals surface area contributed by atoms with Gasteiger partial charge in [-0.25, -0.2) is 0 Å². The highest BCUT2D eigenvalue weighted by atomic mass is 32.1. The van der Waals surface area contributed by atoms with E-state index in [1.165, 1.54) is 0 Å². The summed E-state index contributed by atoms with van der Waals surface area (Å²) in [5.41, 5.74) is 5.72. The van der Waals surface area contributed by atoms with Crippen molar-refractivity contribution < 1.29 is 23.9 Å². The van der Waals surface area contributed by atoms with Gasteiger partial charge in [0.2, 0.25) is 17.7 Å². The van der Waals surface area contributed by atoms with E-state index in [0.717, 1.165) is 31.2 Å². The molecule has 0 fully saturated rings. The second-order valence-corrected chi connectivity index (χ2v) is 13.8. The van der Waals surface area contributed by atoms with Gasteiger partial charge in [0.25, 0.3) is 0 Å². The number of carbonyl (C=O) groups excluding carboxylic acids is 4. The monoisotopic (exact) mass is 647 g/mol. The summed E-state index contributed by atoms with van der Waals surface area (Å²) in [7, 11) is 3.56. The average Bonchev–Trinajstić information content (AvgIpc) is 2.94. The molecule has 1 aromatic rings. The van der Waals surface area contributed by atoms with E-state index in [1.807, 2.05) is 41.5 Å². The van der Waals surface area contributed by atoms with Crippen molar-refractivity contribution in [2.24, 2.45) is 17.1 Å². The largest absolute Gasteiger partial charge is 0.426 e. The molecular weight excluding hydrogens is 590 g/mol. The molecule has 1 rings (SSSR count). The second-order valence-electron chi connectivity index (χ2n) is 13.3. The SMILES string of the molecule is CCCCCC(=O)NC(Cc1ccc(OC(=O)CN(C)C)cc1)C(=O)NC(C(=O)NC(C)(C)CC(C)(CC)C(N)=S)C(C)CC. The van der Waals surface area contributed by atoms with Gasteiger partial charge < -0.3 is 26.4 Å². The summed E-state index contributed by atoms with van der Waals surface area (Å²) in [4.78, 5) is 54.5. The van der Waals surface area contributed by atoms with Crippen LogP contribution in [0.2, 0.25) is 0 Å². The first-order chi connectivity index (χ1) is 21.0. The van der Waals surface area contributed by atoms with Gasteiger partial charge in [-0.15, -0.1) is 0 Å². The fourth-order valence-corrected chi connectivity index (χ4v) is 5.35. The molecule has 0 saturated carbocycles. The molecule has 0 aromatic heterocycles. The van der Waals surface area contributed by atoms with Crippen LogP contribution in [0.3, 0.4) is 0 Å². The van der Waals surface area contributed by atoms with Crippen molar-refractivity contribution in [3.8, 4) is 5.75 Å². The summed E-state index contributed by atoms with van der Waals surface area (Å²) in [6, 6.07) is 5.11. The Labute approximate surface area is 276 Å². The number of hydrogen-bond donors (Lipinski definition) is 4. The number of benzene rings is 1. The van der Waals surface area contributed by atoms with Crippen molar-refractivity contribution in [3.05, 3.63) is 29.8 Å². The number of nitrogens with one attached hydrogen (secondary N) is 3. The van der Waals surface area contributed by atoms with Crippen LogP contribution in [0.5, 0.6) is 5.75 Å². The molecule has 0 aliphatic rings. The Balaban J connectivity index is 3.19. The molecule has 4 atom stereocenters. The van der Waals surface area contributed by atoms with E-state index in [2.05, 4.69) is 22.9 Å². The van der Waals surface area contributed by atoms with Crippen molar-refractivity contribution in [2.45, 2.75) is 117 Å². The number of amides is 3. The molecular formula is C34H57N5O5S. The summed E-state index contributed by atoms with van der Waals surface area (Å²) in [6.45, 7) is 13.9. The number of unbranched alkanes of at least 4 members (excludes halogenated alkanes) is 2. The van der Waals surface area contributed by atoms with E-state index in [-0.39, 0.29) is 36.7 Å². The predicted molar refractivity (Wildman–Crippen MR) is 184 cm³/mol. The van der Waals surface area contributed by atoms with Gasteiger partial charge in [-0.3, -0.25) is 24.1 Å². The van der Waals surface area contributed by atoms with Crippen LogP contribution in [0.1, 0.15) is 99.0 Å². The lowest BCUT2D eigenvalue weighted by Gasteiger charge is -2.38. The first-order valence-electron chi connectivity index (χ1n) is 16.1. The molecule has 0 aliphatic heterocycles. The van der Waals surface area contributed by atoms with Gasteiger partial charge in [-0.1, -0.05) is 78.2 Å². The summed E-state index contributed by atoms with van der Waals surface area (Å²) in [6.07, 6.45) is 5.03. The lowest BCUT2D eigenvalue weighted by atomic mass is 9.76. The topological polar surface area (TPSA) is 143 Å². The fourth-order valence-electron chi connectivity index (χ4n) is 5.14. The van der Waals surface area contributed by atoms with Crippen LogP contribution in [0, 0.1) is 11.3 Å². The van der Waals surface area contributed by atoms with E-state index < -0.39 is 28.9 Å². The highest BCUT2D eigenvalue weighted by molar-refractivity contribution is 7.80. The third-order valence-electron chi connectivity index (χ3n) is 8.16. The second kappa shape index (κ2) is 18.8. The normalized spacial score (nSPS) is 14.9. The van der Waals surface area contributed by atoms with Crippen LogP contribution in [0.25, 0.3) is 0 Å². The van der Waals surface area contributed by atoms with Crippen molar-refractivity contribution in [1.82, 2.24) is 20.9 Å². The highest BCUT2D eigenvalue weighted by Crippen LogP contribution is 2.32. The Morgan fingerprint density at radius 1 is 0.978 bits per heavy atom. The number of carbonyl (C=O) groups is 4. The Morgan fingerprint density at radius 3 is 2.11 bits per heavy atom. The van der Waals surface area contributed by atoms with Crippen LogP contribution in [0.4, 0.5) is 0 Å². The Morgan fingerprint density at radius 2 is 1.60 bits per heavy atom. The number of nitrogens with zero attached hydrogens (tertiary/aromatic N) is 1. The van der Waals surface area contributed by atoms with Crippen molar-refractivity contribution >= 4 is 40.9 Å². The minimum atomic E-state index is -0.911. The zero-order valence-electron chi connectivity index (χ0n) is 28.9. The van der Waals surface area contributed by atoms with Gasteiger partial charge >= 0.3 is 5.97 Å². The summed E-state index contributed by atoms with van der Waals surface area (Å²) >= 11 is 5.32. The van der Waals surface area contributed by atoms with E-state index in [9.17, 15) is 19.2 Å². The summed E-state index contributed by atoms with van der Waals surface area (Å²) in [5, 5.41) is 8.96. The van der Waals surface area contributed by atoms with Crippen LogP contribution >= 0.6 is 12.2 Å². The molecule has 254 valence electrons. The van der Waals surface area contributed by atoms with Gasteiger partial charge in [0.15, 0.2) is 0 Å². The summed E-state index contributed by atoms with van der Waals surface area (Å²) < 4.78 is 5.37. The average molecular weight is 648 g/mol. The maximum atomic E-state index is 13.8. The van der Waals surface area contributed by atoms with Crippen LogP contribution in [0.15, 0.2) is 24.3 Å². The zero-order chi connectivity index (χ0) is 34.4. The van der Waals surface area contributed by atoms with E-state index in [1.54, 1.807) is 43.3 Å². The van der Waals surface area contributed by atoms with Crippen LogP contribution in [-0.4, -0.2) is 71.8 Å². The number of thiocarbonyl (C=S) groups is 1. The smallest absolute Gasteiger partial charge is 0.325 e. The predicted octanol–water partition coefficient (Wildman–Crippen LogP) is 4.28. The Bertz CT molecular complexity index is 1140. The van der Waals surface area contributed by atoms with Crippen molar-refractivity contribution in [1.29, 1.82) is 0 Å². The Kier molecular flexibility index (Phi) is 16.7. The summed E-state index contributed by atoms with van der Waals surface area (Å²) in [5.74, 6) is -1.14. The number of rotatable bonds is 20. The van der Waals surface area contributed by atoms with E-state index >= 15 is 0 Å². The molecule has 45 heavy (non-hydrogen) atoms. The van der Waals surface area contributed by atoms with Gasteiger partial charge in [-0.05, 0) is 70.8 Å². The Hall–Kier alpha value is -3.05. The highest BCUT2D eigenvalue weighted by Gasteiger charge is 2.37. The van der Waals surface area contributed by atoms with Crippen LogP contribution < -0.4 is 26.4 Å². The fraction of sp³-hybridized carbons (Fsp3) is 0.676. The van der Waals surface area contributed by atoms with E-state index in [0.29, 0.717) is 30.0 Å². The molecule has 5 N–H and O–H groups in total. The lowest BCUT2D eigenvalue weighted by Crippen LogP contribution is -2.59. The molecule has 0 radical (unpaired) electrons. The van der Waals surface area contributed by atoms with Gasteiger partial charge in [0.1, 0.15) is 17.8 Å². The molecule has 11 heteroatoms. The number of ether oxygens (including phenoxy) is 1. The molecule has 0 spiro atoms. The lowest BCUT2D eigenvalue weighted by molar-refractivity contribution is -0.135. The van der Waals surface area contributed by atoms with Gasteiger partial charge in [-0.2, -0.15) is 0 Å². The zero-order valence-corrected chi connectivity index (χ0v) is 29.7. The van der Waals surface area contributed by atoms with Crippen LogP contribution in [-0.2, 0) is 25.6 Å². The quantitative estimate of drug-likeness (QED) is 0.0711. The molecule has 0 bridgehead atoms. The molecule has 1 aromatic carbocycles. The molecule has 0 aliphatic carbocycles. The van der Waals surface area contributed by atoms with Crippen molar-refractivity contribution in [3.63, 3.8) is 0 Å². The maximum Gasteiger partial charge on any atom is 0.325 e. The van der Waals surface area contributed by atoms with Crippen molar-refractivity contribution in [2.75, 3.05) is 20.6 Å². The number of likely N-dealkylation sites (N-methyl/N-ethyl adjacent to an activating group) is 1. The van der Waals surface area contributed by atoms with E-state index in [4.69, 9.17) is 22.7 Å². The third-order valence-corrected chi connectivity index (χ3v) is 8.65. The van der Waals surface area contributed by atoms with Gasteiger partial charge in [0.05, 0.1) is 11.5 Å². The molecule has 0 saturated heterocycles. The number of hydrogen-bond acceptors (Lipinski definition) is 7. The molecule has 0 heterocycles. The minimum absolute atomic E-state index is 0.147. The third kappa shape index (κ3) is 14.3. The molecule has 10 nitrogen and oxygen atoms in total. The number of nitrogens with two attached hydrogens (primary N) is 1. The molecule has 4 unspecified atom stereocenters. The first-order valence-corrected chi connectivity index (χ1v) is 16.5. The number of esters is 1. The maximum absolute atomic E-state index is 13.8. The molecule has 3 amide bonds. The standard InChI is InChI=1S/C34H57N5O5S/c1-10-13-14-15-27(40)36-26(20-24-16-18-25(19-17-24)44-28(41)21-39(8)9)30(42)37-29(23(4)11-2)31(43)38-33(5,6)22-34(7,12-3)32(35)45/h16-19,23,26,29H,10-15,20-22H2,1-9H3,(H2,35,45)(H,36,40)(H,37,42)(H,38,43).